The molecule has 1 rings (SSSR count). The first-order valence-electron chi connectivity index (χ1n) is 6.03. The van der Waals surface area contributed by atoms with Crippen LogP contribution in [0.3, 0.4) is 0 Å². The summed E-state index contributed by atoms with van der Waals surface area (Å²) in [5.41, 5.74) is 3.04. The second-order valence-electron chi connectivity index (χ2n) is 5.33. The SMILES string of the molecule is [C]#CCCCCc1ccc(C(C)(C)C)cc1. The van der Waals surface area contributed by atoms with E-state index in [1.807, 2.05) is 0 Å². The summed E-state index contributed by atoms with van der Waals surface area (Å²) < 4.78 is 0. The molecular formula is C16H21. The Morgan fingerprint density at radius 1 is 1.06 bits per heavy atom. The van der Waals surface area contributed by atoms with E-state index in [1.54, 1.807) is 0 Å². The average molecular weight is 213 g/mol. The predicted molar refractivity (Wildman–Crippen MR) is 69.8 cm³/mol. The number of hydrogen-bond acceptors (Lipinski definition) is 0. The summed E-state index contributed by atoms with van der Waals surface area (Å²) in [6.07, 6.45) is 11.0. The quantitative estimate of drug-likeness (QED) is 0.517. The van der Waals surface area contributed by atoms with Crippen LogP contribution in [0.4, 0.5) is 0 Å². The van der Waals surface area contributed by atoms with Crippen LogP contribution < -0.4 is 0 Å². The third-order valence-corrected chi connectivity index (χ3v) is 2.84. The topological polar surface area (TPSA) is 0 Å². The van der Waals surface area contributed by atoms with Crippen molar-refractivity contribution in [3.63, 3.8) is 0 Å². The van der Waals surface area contributed by atoms with E-state index in [1.165, 1.54) is 11.1 Å². The highest BCUT2D eigenvalue weighted by Crippen LogP contribution is 2.22. The molecule has 0 nitrogen and oxygen atoms in total. The van der Waals surface area contributed by atoms with Gasteiger partial charge in [0, 0.05) is 6.42 Å². The molecule has 0 saturated carbocycles. The van der Waals surface area contributed by atoms with Crippen LogP contribution in [-0.4, -0.2) is 0 Å². The van der Waals surface area contributed by atoms with Crippen LogP contribution in [0.2, 0.25) is 0 Å². The van der Waals surface area contributed by atoms with Crippen molar-refractivity contribution >= 4 is 0 Å². The summed E-state index contributed by atoms with van der Waals surface area (Å²) in [5, 5.41) is 0. The van der Waals surface area contributed by atoms with E-state index in [0.29, 0.717) is 0 Å². The van der Waals surface area contributed by atoms with Crippen molar-refractivity contribution in [2.45, 2.75) is 51.9 Å². The van der Waals surface area contributed by atoms with Crippen LogP contribution in [0, 0.1) is 12.3 Å². The van der Waals surface area contributed by atoms with E-state index in [2.05, 4.69) is 51.0 Å². The van der Waals surface area contributed by atoms with Crippen molar-refractivity contribution in [1.29, 1.82) is 0 Å². The fourth-order valence-electron chi connectivity index (χ4n) is 1.71. The lowest BCUT2D eigenvalue weighted by Crippen LogP contribution is -2.10. The predicted octanol–water partition coefficient (Wildman–Crippen LogP) is 4.29. The monoisotopic (exact) mass is 213 g/mol. The first-order chi connectivity index (χ1) is 7.54. The Kier molecular flexibility index (Phi) is 4.62. The Balaban J connectivity index is 2.49. The summed E-state index contributed by atoms with van der Waals surface area (Å²) in [6, 6.07) is 8.93. The minimum Gasteiger partial charge on any atom is -0.0891 e. The van der Waals surface area contributed by atoms with Crippen LogP contribution in [0.1, 0.15) is 51.2 Å². The van der Waals surface area contributed by atoms with Gasteiger partial charge in [-0.1, -0.05) is 51.0 Å². The molecule has 0 bridgehead atoms. The fraction of sp³-hybridized carbons (Fsp3) is 0.500. The Morgan fingerprint density at radius 3 is 2.19 bits per heavy atom. The maximum atomic E-state index is 6.83. The molecule has 16 heavy (non-hydrogen) atoms. The standard InChI is InChI=1S/C16H21/c1-5-6-7-8-9-14-10-12-15(13-11-14)16(2,3)4/h10-13H,6-9H2,2-4H3. The molecule has 0 N–H and O–H groups in total. The molecule has 0 saturated heterocycles. The smallest absolute Gasteiger partial charge is 0.00990 e. The molecule has 0 aliphatic rings. The van der Waals surface area contributed by atoms with Gasteiger partial charge in [0.15, 0.2) is 0 Å². The molecule has 0 unspecified atom stereocenters. The summed E-state index contributed by atoms with van der Waals surface area (Å²) in [4.78, 5) is 0. The lowest BCUT2D eigenvalue weighted by Gasteiger charge is -2.19. The summed E-state index contributed by atoms with van der Waals surface area (Å²) >= 11 is 0. The van der Waals surface area contributed by atoms with Crippen molar-refractivity contribution in [1.82, 2.24) is 0 Å². The number of hydrogen-bond donors (Lipinski definition) is 0. The van der Waals surface area contributed by atoms with E-state index in [4.69, 9.17) is 6.42 Å². The zero-order chi connectivity index (χ0) is 12.0. The second-order valence-corrected chi connectivity index (χ2v) is 5.33. The Bertz CT molecular complexity index is 343. The van der Waals surface area contributed by atoms with Crippen molar-refractivity contribution in [3.05, 3.63) is 41.8 Å². The van der Waals surface area contributed by atoms with E-state index < -0.39 is 0 Å². The summed E-state index contributed by atoms with van der Waals surface area (Å²) in [7, 11) is 0. The molecule has 0 spiro atoms. The molecule has 0 fully saturated rings. The highest BCUT2D eigenvalue weighted by molar-refractivity contribution is 5.27. The lowest BCUT2D eigenvalue weighted by atomic mass is 9.86. The molecular weight excluding hydrogens is 192 g/mol. The first kappa shape index (κ1) is 12.8. The lowest BCUT2D eigenvalue weighted by molar-refractivity contribution is 0.590. The molecule has 1 aromatic carbocycles. The van der Waals surface area contributed by atoms with Gasteiger partial charge in [0.1, 0.15) is 0 Å². The third kappa shape index (κ3) is 4.11. The Hall–Kier alpha value is -1.22. The molecule has 1 radical (unpaired) electrons. The molecule has 0 atom stereocenters. The van der Waals surface area contributed by atoms with E-state index >= 15 is 0 Å². The largest absolute Gasteiger partial charge is 0.0891 e. The summed E-state index contributed by atoms with van der Waals surface area (Å²) in [6.45, 7) is 6.71. The molecule has 0 heteroatoms. The maximum Gasteiger partial charge on any atom is 0.00990 e. The van der Waals surface area contributed by atoms with Crippen LogP contribution in [0.25, 0.3) is 0 Å². The highest BCUT2D eigenvalue weighted by atomic mass is 14.2. The number of benzene rings is 1. The van der Waals surface area contributed by atoms with Gasteiger partial charge < -0.3 is 0 Å². The zero-order valence-corrected chi connectivity index (χ0v) is 10.6. The van der Waals surface area contributed by atoms with Gasteiger partial charge in [-0.3, -0.25) is 0 Å². The molecule has 0 heterocycles. The summed E-state index contributed by atoms with van der Waals surface area (Å²) in [5.74, 6) is 2.43. The van der Waals surface area contributed by atoms with Crippen LogP contribution >= 0.6 is 0 Å². The molecule has 1 aromatic rings. The molecule has 0 aliphatic heterocycles. The van der Waals surface area contributed by atoms with Gasteiger partial charge in [-0.15, -0.1) is 0 Å². The van der Waals surface area contributed by atoms with Gasteiger partial charge in [-0.2, -0.15) is 0 Å². The number of unbranched alkanes of at least 4 members (excludes halogenated alkanes) is 2. The Morgan fingerprint density at radius 2 is 1.69 bits per heavy atom. The maximum absolute atomic E-state index is 6.83. The average Bonchev–Trinajstić information content (AvgIpc) is 2.24. The van der Waals surface area contributed by atoms with Crippen LogP contribution in [0.5, 0.6) is 0 Å². The van der Waals surface area contributed by atoms with Gasteiger partial charge in [0.25, 0.3) is 0 Å². The minimum absolute atomic E-state index is 0.244. The van der Waals surface area contributed by atoms with E-state index in [-0.39, 0.29) is 5.41 Å². The second kappa shape index (κ2) is 5.75. The van der Waals surface area contributed by atoms with Crippen molar-refractivity contribution < 1.29 is 0 Å². The number of rotatable bonds is 4. The third-order valence-electron chi connectivity index (χ3n) is 2.84. The van der Waals surface area contributed by atoms with E-state index in [0.717, 1.165) is 25.7 Å². The van der Waals surface area contributed by atoms with Crippen LogP contribution in [0.15, 0.2) is 24.3 Å². The van der Waals surface area contributed by atoms with E-state index in [9.17, 15) is 0 Å². The van der Waals surface area contributed by atoms with Crippen molar-refractivity contribution in [3.8, 4) is 5.92 Å². The van der Waals surface area contributed by atoms with Gasteiger partial charge >= 0.3 is 0 Å². The molecule has 0 aliphatic carbocycles. The van der Waals surface area contributed by atoms with Gasteiger partial charge in [0.2, 0.25) is 0 Å². The van der Waals surface area contributed by atoms with Gasteiger partial charge in [-0.05, 0) is 42.2 Å². The normalized spacial score (nSPS) is 11.1. The van der Waals surface area contributed by atoms with Crippen LogP contribution in [-0.2, 0) is 11.8 Å². The molecule has 85 valence electrons. The Labute approximate surface area is 100 Å². The van der Waals surface area contributed by atoms with Crippen molar-refractivity contribution in [2.24, 2.45) is 0 Å². The highest BCUT2D eigenvalue weighted by Gasteiger charge is 2.12. The number of aryl methyl sites for hydroxylation is 1. The zero-order valence-electron chi connectivity index (χ0n) is 10.6. The first-order valence-corrected chi connectivity index (χ1v) is 6.03. The minimum atomic E-state index is 0.244. The fourth-order valence-corrected chi connectivity index (χ4v) is 1.71. The van der Waals surface area contributed by atoms with Gasteiger partial charge in [-0.25, -0.2) is 0 Å². The molecule has 0 aromatic heterocycles. The van der Waals surface area contributed by atoms with Gasteiger partial charge in [0.05, 0.1) is 0 Å². The molecule has 0 amide bonds. The van der Waals surface area contributed by atoms with Crippen molar-refractivity contribution in [2.75, 3.05) is 0 Å².